The van der Waals surface area contributed by atoms with Crippen molar-refractivity contribution in [3.05, 3.63) is 53.6 Å². The van der Waals surface area contributed by atoms with Crippen molar-refractivity contribution in [2.45, 2.75) is 31.4 Å². The summed E-state index contributed by atoms with van der Waals surface area (Å²) in [6.07, 6.45) is -0.541. The first kappa shape index (κ1) is 21.0. The Morgan fingerprint density at radius 2 is 1.71 bits per heavy atom. The summed E-state index contributed by atoms with van der Waals surface area (Å²) in [5.41, 5.74) is 6.55. The van der Waals surface area contributed by atoms with E-state index in [0.717, 1.165) is 0 Å². The molecule has 8 heteroatoms. The summed E-state index contributed by atoms with van der Waals surface area (Å²) in [5, 5.41) is 28.5. The van der Waals surface area contributed by atoms with E-state index in [1.807, 2.05) is 0 Å². The summed E-state index contributed by atoms with van der Waals surface area (Å²) in [7, 11) is 1.52. The van der Waals surface area contributed by atoms with E-state index in [9.17, 15) is 24.9 Å². The van der Waals surface area contributed by atoms with Crippen LogP contribution in [0.25, 0.3) is 0 Å². The van der Waals surface area contributed by atoms with Gasteiger partial charge in [0, 0.05) is 5.92 Å². The number of methoxy groups -OCH3 is 1. The highest BCUT2D eigenvalue weighted by molar-refractivity contribution is 5.89. The Morgan fingerprint density at radius 3 is 2.25 bits per heavy atom. The number of carboxylic acid groups (broad SMARTS) is 1. The fourth-order valence-corrected chi connectivity index (χ4v) is 2.82. The summed E-state index contributed by atoms with van der Waals surface area (Å²) in [5.74, 6) is -2.65. The first-order chi connectivity index (χ1) is 13.2. The van der Waals surface area contributed by atoms with Gasteiger partial charge in [0.05, 0.1) is 12.7 Å². The number of phenols is 2. The zero-order valence-electron chi connectivity index (χ0n) is 15.5. The van der Waals surface area contributed by atoms with E-state index in [2.05, 4.69) is 0 Å². The SMILES string of the molecule is COc1ccc(C(=O)O[C@@H](C)CC(c2ccc(O)c(O)c2)C(N)C(=O)O)cc1. The maximum Gasteiger partial charge on any atom is 0.338 e. The molecule has 0 saturated carbocycles. The van der Waals surface area contributed by atoms with E-state index >= 15 is 0 Å². The molecule has 0 saturated heterocycles. The molecule has 0 radical (unpaired) electrons. The minimum Gasteiger partial charge on any atom is -0.504 e. The summed E-state index contributed by atoms with van der Waals surface area (Å²) in [6.45, 7) is 1.63. The molecule has 0 bridgehead atoms. The monoisotopic (exact) mass is 389 g/mol. The van der Waals surface area contributed by atoms with Crippen LogP contribution in [0.4, 0.5) is 0 Å². The number of benzene rings is 2. The Balaban J connectivity index is 2.14. The molecule has 5 N–H and O–H groups in total. The van der Waals surface area contributed by atoms with Crippen molar-refractivity contribution in [2.24, 2.45) is 5.73 Å². The molecule has 2 unspecified atom stereocenters. The molecular weight excluding hydrogens is 366 g/mol. The predicted molar refractivity (Wildman–Crippen MR) is 101 cm³/mol. The molecule has 2 aromatic carbocycles. The van der Waals surface area contributed by atoms with Crippen LogP contribution in [0.5, 0.6) is 17.2 Å². The fraction of sp³-hybridized carbons (Fsp3) is 0.300. The molecule has 0 aromatic heterocycles. The van der Waals surface area contributed by atoms with Crippen LogP contribution in [-0.4, -0.2) is 46.5 Å². The summed E-state index contributed by atoms with van der Waals surface area (Å²) in [4.78, 5) is 23.7. The molecular formula is C20H23NO7. The molecule has 0 fully saturated rings. The fourth-order valence-electron chi connectivity index (χ4n) is 2.82. The lowest BCUT2D eigenvalue weighted by Gasteiger charge is -2.25. The van der Waals surface area contributed by atoms with Crippen molar-refractivity contribution in [3.8, 4) is 17.2 Å². The van der Waals surface area contributed by atoms with E-state index in [4.69, 9.17) is 15.2 Å². The molecule has 150 valence electrons. The van der Waals surface area contributed by atoms with Crippen molar-refractivity contribution in [1.82, 2.24) is 0 Å². The molecule has 2 aromatic rings. The highest BCUT2D eigenvalue weighted by atomic mass is 16.5. The number of hydrogen-bond acceptors (Lipinski definition) is 7. The summed E-state index contributed by atoms with van der Waals surface area (Å²) < 4.78 is 10.4. The number of aromatic hydroxyl groups is 2. The van der Waals surface area contributed by atoms with Gasteiger partial charge in [0.15, 0.2) is 11.5 Å². The van der Waals surface area contributed by atoms with Crippen LogP contribution in [0, 0.1) is 0 Å². The third-order valence-electron chi connectivity index (χ3n) is 4.37. The second-order valence-corrected chi connectivity index (χ2v) is 6.40. The Labute approximate surface area is 162 Å². The topological polar surface area (TPSA) is 139 Å². The molecule has 0 spiro atoms. The second kappa shape index (κ2) is 9.09. The number of nitrogens with two attached hydrogens (primary N) is 1. The highest BCUT2D eigenvalue weighted by Crippen LogP contribution is 2.32. The molecule has 0 aliphatic rings. The lowest BCUT2D eigenvalue weighted by Crippen LogP contribution is -2.38. The van der Waals surface area contributed by atoms with Gasteiger partial charge in [-0.05, 0) is 55.3 Å². The molecule has 2 rings (SSSR count). The van der Waals surface area contributed by atoms with Crippen molar-refractivity contribution in [3.63, 3.8) is 0 Å². The first-order valence-corrected chi connectivity index (χ1v) is 8.58. The van der Waals surface area contributed by atoms with Crippen LogP contribution in [-0.2, 0) is 9.53 Å². The summed E-state index contributed by atoms with van der Waals surface area (Å²) >= 11 is 0. The number of esters is 1. The minimum absolute atomic E-state index is 0.111. The average molecular weight is 389 g/mol. The van der Waals surface area contributed by atoms with E-state index in [-0.39, 0.29) is 17.9 Å². The molecule has 8 nitrogen and oxygen atoms in total. The van der Waals surface area contributed by atoms with Crippen LogP contribution < -0.4 is 10.5 Å². The van der Waals surface area contributed by atoms with Gasteiger partial charge in [-0.2, -0.15) is 0 Å². The van der Waals surface area contributed by atoms with E-state index < -0.39 is 30.0 Å². The molecule has 0 amide bonds. The van der Waals surface area contributed by atoms with Crippen molar-refractivity contribution >= 4 is 11.9 Å². The Hall–Kier alpha value is -3.26. The van der Waals surface area contributed by atoms with E-state index in [1.165, 1.54) is 25.3 Å². The number of phenolic OH excluding ortho intramolecular Hbond substituents is 2. The Bertz CT molecular complexity index is 835. The Morgan fingerprint density at radius 1 is 1.07 bits per heavy atom. The minimum atomic E-state index is -1.29. The third kappa shape index (κ3) is 5.14. The third-order valence-corrected chi connectivity index (χ3v) is 4.37. The smallest absolute Gasteiger partial charge is 0.338 e. The number of rotatable bonds is 8. The first-order valence-electron chi connectivity index (χ1n) is 8.58. The van der Waals surface area contributed by atoms with Gasteiger partial charge in [-0.15, -0.1) is 0 Å². The zero-order valence-corrected chi connectivity index (χ0v) is 15.5. The number of hydrogen-bond donors (Lipinski definition) is 4. The van der Waals surface area contributed by atoms with Gasteiger partial charge in [-0.1, -0.05) is 6.07 Å². The molecule has 0 heterocycles. The van der Waals surface area contributed by atoms with Gasteiger partial charge in [-0.3, -0.25) is 4.79 Å². The number of aliphatic carboxylic acids is 1. The van der Waals surface area contributed by atoms with Crippen molar-refractivity contribution in [1.29, 1.82) is 0 Å². The average Bonchev–Trinajstić information content (AvgIpc) is 2.67. The molecule has 28 heavy (non-hydrogen) atoms. The van der Waals surface area contributed by atoms with Crippen molar-refractivity contribution < 1.29 is 34.4 Å². The molecule has 0 aliphatic carbocycles. The zero-order chi connectivity index (χ0) is 20.8. The van der Waals surface area contributed by atoms with Crippen LogP contribution in [0.2, 0.25) is 0 Å². The second-order valence-electron chi connectivity index (χ2n) is 6.40. The maximum absolute atomic E-state index is 12.3. The normalized spacial score (nSPS) is 14.0. The van der Waals surface area contributed by atoms with Gasteiger partial charge >= 0.3 is 11.9 Å². The quantitative estimate of drug-likeness (QED) is 0.398. The number of carboxylic acids is 1. The van der Waals surface area contributed by atoms with Crippen LogP contribution in [0.1, 0.15) is 35.2 Å². The summed E-state index contributed by atoms with van der Waals surface area (Å²) in [6, 6.07) is 9.07. The van der Waals surface area contributed by atoms with Crippen LogP contribution in [0.3, 0.4) is 0 Å². The van der Waals surface area contributed by atoms with Gasteiger partial charge in [0.2, 0.25) is 0 Å². The molecule has 0 aliphatic heterocycles. The van der Waals surface area contributed by atoms with Gasteiger partial charge in [0.25, 0.3) is 0 Å². The van der Waals surface area contributed by atoms with Crippen LogP contribution in [0.15, 0.2) is 42.5 Å². The van der Waals surface area contributed by atoms with Crippen LogP contribution >= 0.6 is 0 Å². The van der Waals surface area contributed by atoms with Crippen molar-refractivity contribution in [2.75, 3.05) is 7.11 Å². The van der Waals surface area contributed by atoms with Gasteiger partial charge < -0.3 is 30.5 Å². The number of ether oxygens (including phenoxy) is 2. The number of carbonyl (C=O) groups is 2. The van der Waals surface area contributed by atoms with Gasteiger partial charge in [-0.25, -0.2) is 4.79 Å². The molecule has 3 atom stereocenters. The standard InChI is InChI=1S/C20H23NO7/c1-11(28-20(26)12-3-6-14(27-2)7-4-12)9-15(18(21)19(24)25)13-5-8-16(22)17(23)10-13/h3-8,10-11,15,18,22-23H,9,21H2,1-2H3,(H,24,25)/t11-,15?,18?/m0/s1. The highest BCUT2D eigenvalue weighted by Gasteiger charge is 2.29. The number of carbonyl (C=O) groups excluding carboxylic acids is 1. The van der Waals surface area contributed by atoms with Gasteiger partial charge in [0.1, 0.15) is 17.9 Å². The lowest BCUT2D eigenvalue weighted by molar-refractivity contribution is -0.139. The van der Waals surface area contributed by atoms with E-state index in [0.29, 0.717) is 16.9 Å². The largest absolute Gasteiger partial charge is 0.504 e. The predicted octanol–water partition coefficient (Wildman–Crippen LogP) is 2.24. The Kier molecular flexibility index (Phi) is 6.84. The van der Waals surface area contributed by atoms with E-state index in [1.54, 1.807) is 31.2 Å². The lowest BCUT2D eigenvalue weighted by atomic mass is 9.87. The maximum atomic E-state index is 12.3.